The molecule has 0 unspecified atom stereocenters. The van der Waals surface area contributed by atoms with E-state index in [0.29, 0.717) is 0 Å². The van der Waals surface area contributed by atoms with Gasteiger partial charge in [-0.25, -0.2) is 0 Å². The number of likely N-dealkylation sites (N-methyl/N-ethyl adjacent to an activating group) is 1. The lowest BCUT2D eigenvalue weighted by Gasteiger charge is -2.19. The molecule has 0 bridgehead atoms. The van der Waals surface area contributed by atoms with Crippen molar-refractivity contribution in [2.45, 2.75) is 39.3 Å². The summed E-state index contributed by atoms with van der Waals surface area (Å²) in [4.78, 5) is 5.38. The topological polar surface area (TPSA) is 15.3 Å². The van der Waals surface area contributed by atoms with Crippen molar-refractivity contribution in [3.05, 3.63) is 20.3 Å². The molecule has 1 heterocycles. The van der Waals surface area contributed by atoms with Gasteiger partial charge in [-0.2, -0.15) is 0 Å². The van der Waals surface area contributed by atoms with Crippen LogP contribution in [-0.4, -0.2) is 30.6 Å². The van der Waals surface area contributed by atoms with Crippen molar-refractivity contribution in [3.63, 3.8) is 0 Å². The Morgan fingerprint density at radius 2 is 2.29 bits per heavy atom. The largest absolute Gasteiger partial charge is 0.311 e. The molecular formula is C13H21BrN2S. The molecule has 1 aromatic rings. The highest BCUT2D eigenvalue weighted by atomic mass is 79.9. The van der Waals surface area contributed by atoms with Crippen LogP contribution in [0.5, 0.6) is 0 Å². The number of halogens is 1. The van der Waals surface area contributed by atoms with E-state index in [1.54, 1.807) is 0 Å². The quantitative estimate of drug-likeness (QED) is 0.776. The van der Waals surface area contributed by atoms with E-state index in [4.69, 9.17) is 0 Å². The predicted octanol–water partition coefficient (Wildman–Crippen LogP) is 3.39. The van der Waals surface area contributed by atoms with E-state index in [9.17, 15) is 0 Å². The Kier molecular flexibility index (Phi) is 5.03. The molecular weight excluding hydrogens is 296 g/mol. The van der Waals surface area contributed by atoms with E-state index < -0.39 is 0 Å². The maximum atomic E-state index is 3.56. The van der Waals surface area contributed by atoms with E-state index >= 15 is 0 Å². The highest BCUT2D eigenvalue weighted by Gasteiger charge is 2.26. The highest BCUT2D eigenvalue weighted by molar-refractivity contribution is 9.10. The number of hydrogen-bond donors (Lipinski definition) is 1. The summed E-state index contributed by atoms with van der Waals surface area (Å²) in [6.45, 7) is 8.89. The molecule has 17 heavy (non-hydrogen) atoms. The third kappa shape index (κ3) is 4.05. The van der Waals surface area contributed by atoms with Crippen LogP contribution in [0.4, 0.5) is 0 Å². The van der Waals surface area contributed by atoms with Gasteiger partial charge >= 0.3 is 0 Å². The number of rotatable bonds is 7. The molecule has 0 radical (unpaired) electrons. The highest BCUT2D eigenvalue weighted by Crippen LogP contribution is 2.27. The summed E-state index contributed by atoms with van der Waals surface area (Å²) in [5, 5.41) is 3.54. The average Bonchev–Trinajstić information content (AvgIpc) is 3.08. The lowest BCUT2D eigenvalue weighted by molar-refractivity contribution is 0.277. The van der Waals surface area contributed by atoms with Gasteiger partial charge in [-0.3, -0.25) is 4.90 Å². The van der Waals surface area contributed by atoms with E-state index in [1.807, 2.05) is 11.3 Å². The van der Waals surface area contributed by atoms with Crippen LogP contribution in [0.2, 0.25) is 0 Å². The Morgan fingerprint density at radius 3 is 2.82 bits per heavy atom. The zero-order valence-electron chi connectivity index (χ0n) is 10.6. The Balaban J connectivity index is 1.65. The summed E-state index contributed by atoms with van der Waals surface area (Å²) >= 11 is 5.44. The second-order valence-corrected chi connectivity index (χ2v) is 6.85. The van der Waals surface area contributed by atoms with Crippen molar-refractivity contribution < 1.29 is 0 Å². The maximum absolute atomic E-state index is 3.56. The molecule has 1 aliphatic rings. The van der Waals surface area contributed by atoms with Crippen molar-refractivity contribution in [1.29, 1.82) is 0 Å². The van der Waals surface area contributed by atoms with E-state index in [1.165, 1.54) is 40.2 Å². The molecule has 0 saturated heterocycles. The van der Waals surface area contributed by atoms with Gasteiger partial charge in [-0.1, -0.05) is 6.92 Å². The fourth-order valence-corrected chi connectivity index (χ4v) is 3.65. The number of nitrogens with zero attached hydrogens (tertiary/aromatic N) is 1. The number of thiophene rings is 1. The second kappa shape index (κ2) is 6.32. The lowest BCUT2D eigenvalue weighted by Crippen LogP contribution is -2.33. The number of nitrogens with one attached hydrogen (secondary N) is 1. The van der Waals surface area contributed by atoms with Crippen LogP contribution >= 0.6 is 27.3 Å². The molecule has 0 atom stereocenters. The Labute approximate surface area is 117 Å². The summed E-state index contributed by atoms with van der Waals surface area (Å²) in [5.41, 5.74) is 0. The SMILES string of the molecule is CCN(CCNCc1cc(Br)c(C)s1)C1CC1. The van der Waals surface area contributed by atoms with Gasteiger partial charge in [0.2, 0.25) is 0 Å². The van der Waals surface area contributed by atoms with Crippen LogP contribution in [-0.2, 0) is 6.54 Å². The van der Waals surface area contributed by atoms with Crippen LogP contribution < -0.4 is 5.32 Å². The predicted molar refractivity (Wildman–Crippen MR) is 78.7 cm³/mol. The molecule has 0 aromatic carbocycles. The molecule has 1 saturated carbocycles. The second-order valence-electron chi connectivity index (χ2n) is 4.65. The summed E-state index contributed by atoms with van der Waals surface area (Å²) < 4.78 is 1.24. The first-order valence-corrected chi connectivity index (χ1v) is 8.01. The molecule has 1 aromatic heterocycles. The van der Waals surface area contributed by atoms with Gasteiger partial charge in [0.25, 0.3) is 0 Å². The first-order valence-electron chi connectivity index (χ1n) is 6.40. The summed E-state index contributed by atoms with van der Waals surface area (Å²) in [6.07, 6.45) is 2.82. The Morgan fingerprint density at radius 1 is 1.53 bits per heavy atom. The van der Waals surface area contributed by atoms with Crippen molar-refractivity contribution in [1.82, 2.24) is 10.2 Å². The van der Waals surface area contributed by atoms with Crippen LogP contribution in [0.15, 0.2) is 10.5 Å². The minimum Gasteiger partial charge on any atom is -0.311 e. The summed E-state index contributed by atoms with van der Waals surface area (Å²) in [7, 11) is 0. The molecule has 0 spiro atoms. The molecule has 0 amide bonds. The zero-order valence-corrected chi connectivity index (χ0v) is 13.0. The van der Waals surface area contributed by atoms with Crippen LogP contribution in [0.1, 0.15) is 29.5 Å². The normalized spacial score (nSPS) is 15.8. The minimum atomic E-state index is 0.889. The van der Waals surface area contributed by atoms with Crippen LogP contribution in [0.3, 0.4) is 0 Å². The van der Waals surface area contributed by atoms with Gasteiger partial charge in [-0.05, 0) is 48.3 Å². The molecule has 1 N–H and O–H groups in total. The van der Waals surface area contributed by atoms with E-state index in [2.05, 4.69) is 46.1 Å². The monoisotopic (exact) mass is 316 g/mol. The molecule has 1 aliphatic carbocycles. The molecule has 2 nitrogen and oxygen atoms in total. The standard InChI is InChI=1S/C13H21BrN2S/c1-3-16(11-4-5-11)7-6-15-9-12-8-13(14)10(2)17-12/h8,11,15H,3-7,9H2,1-2H3. The Bertz CT molecular complexity index is 341. The lowest BCUT2D eigenvalue weighted by atomic mass is 10.4. The molecule has 96 valence electrons. The van der Waals surface area contributed by atoms with Gasteiger partial charge < -0.3 is 5.32 Å². The third-order valence-corrected chi connectivity index (χ3v) is 5.39. The smallest absolute Gasteiger partial charge is 0.0314 e. The molecule has 2 rings (SSSR count). The van der Waals surface area contributed by atoms with Gasteiger partial charge in [0.05, 0.1) is 0 Å². The summed E-state index contributed by atoms with van der Waals surface area (Å²) in [6, 6.07) is 3.12. The van der Waals surface area contributed by atoms with Gasteiger partial charge in [-0.15, -0.1) is 11.3 Å². The third-order valence-electron chi connectivity index (χ3n) is 3.25. The average molecular weight is 317 g/mol. The van der Waals surface area contributed by atoms with Gasteiger partial charge in [0.1, 0.15) is 0 Å². The fraction of sp³-hybridized carbons (Fsp3) is 0.692. The zero-order chi connectivity index (χ0) is 12.3. The van der Waals surface area contributed by atoms with Crippen molar-refractivity contribution in [3.8, 4) is 0 Å². The first-order chi connectivity index (χ1) is 8.20. The molecule has 4 heteroatoms. The molecule has 0 aliphatic heterocycles. The summed E-state index contributed by atoms with van der Waals surface area (Å²) in [5.74, 6) is 0. The van der Waals surface area contributed by atoms with E-state index in [-0.39, 0.29) is 0 Å². The van der Waals surface area contributed by atoms with Crippen molar-refractivity contribution >= 4 is 27.3 Å². The maximum Gasteiger partial charge on any atom is 0.0314 e. The number of aryl methyl sites for hydroxylation is 1. The van der Waals surface area contributed by atoms with E-state index in [0.717, 1.165) is 19.1 Å². The van der Waals surface area contributed by atoms with Crippen LogP contribution in [0, 0.1) is 6.92 Å². The molecule has 1 fully saturated rings. The van der Waals surface area contributed by atoms with Gasteiger partial charge in [0, 0.05) is 39.9 Å². The van der Waals surface area contributed by atoms with Crippen molar-refractivity contribution in [2.75, 3.05) is 19.6 Å². The van der Waals surface area contributed by atoms with Crippen LogP contribution in [0.25, 0.3) is 0 Å². The first kappa shape index (κ1) is 13.5. The number of hydrogen-bond acceptors (Lipinski definition) is 3. The minimum absolute atomic E-state index is 0.889. The van der Waals surface area contributed by atoms with Crippen molar-refractivity contribution in [2.24, 2.45) is 0 Å². The van der Waals surface area contributed by atoms with Gasteiger partial charge in [0.15, 0.2) is 0 Å². The Hall–Kier alpha value is 0.1000. The fourth-order valence-electron chi connectivity index (χ4n) is 2.08.